The number of hydrogen-bond donors (Lipinski definition) is 1. The molecule has 1 aliphatic heterocycles. The molecule has 1 aliphatic carbocycles. The summed E-state index contributed by atoms with van der Waals surface area (Å²) in [5.41, 5.74) is 12.5. The zero-order valence-electron chi connectivity index (χ0n) is 19.3. The number of ketones is 1. The van der Waals surface area contributed by atoms with Crippen LogP contribution in [0.3, 0.4) is 0 Å². The van der Waals surface area contributed by atoms with Crippen molar-refractivity contribution >= 4 is 11.5 Å². The number of ether oxygens (including phenoxy) is 1. The molecule has 0 spiro atoms. The number of hydrogen-bond acceptors (Lipinski definition) is 5. The van der Waals surface area contributed by atoms with Crippen LogP contribution in [0.25, 0.3) is 0 Å². The Morgan fingerprint density at radius 2 is 1.78 bits per heavy atom. The maximum atomic E-state index is 13.5. The average Bonchev–Trinajstić information content (AvgIpc) is 2.74. The lowest BCUT2D eigenvalue weighted by atomic mass is 9.68. The molecule has 0 saturated carbocycles. The van der Waals surface area contributed by atoms with Gasteiger partial charge in [-0.2, -0.15) is 5.26 Å². The van der Waals surface area contributed by atoms with Crippen molar-refractivity contribution in [3.63, 3.8) is 0 Å². The molecule has 2 aliphatic rings. The molecule has 2 aromatic carbocycles. The highest BCUT2D eigenvalue weighted by molar-refractivity contribution is 6.01. The minimum atomic E-state index is -0.479. The van der Waals surface area contributed by atoms with Crippen LogP contribution in [-0.4, -0.2) is 12.9 Å². The normalized spacial score (nSPS) is 20.2. The number of rotatable bonds is 3. The van der Waals surface area contributed by atoms with E-state index >= 15 is 0 Å². The largest absolute Gasteiger partial charge is 0.497 e. The number of nitrogens with two attached hydrogens (primary N) is 1. The van der Waals surface area contributed by atoms with Crippen molar-refractivity contribution in [2.45, 2.75) is 46.5 Å². The molecule has 0 saturated heterocycles. The molecule has 1 heterocycles. The second-order valence-corrected chi connectivity index (χ2v) is 9.52. The van der Waals surface area contributed by atoms with Crippen LogP contribution in [0.5, 0.6) is 5.75 Å². The van der Waals surface area contributed by atoms with Crippen molar-refractivity contribution in [1.29, 1.82) is 5.26 Å². The molecular formula is C27H29N3O2. The summed E-state index contributed by atoms with van der Waals surface area (Å²) in [6, 6.07) is 16.0. The van der Waals surface area contributed by atoms with Gasteiger partial charge >= 0.3 is 0 Å². The van der Waals surface area contributed by atoms with Crippen molar-refractivity contribution in [2.24, 2.45) is 11.1 Å². The SMILES string of the molecule is COc1ccc([C@H]2C(C#N)=C(N)N(c3ccc(C)c(C)c3)C3=C2C(=O)CC(C)(C)C3)cc1. The van der Waals surface area contributed by atoms with E-state index in [1.165, 1.54) is 5.56 Å². The number of nitrogens with zero attached hydrogens (tertiary/aromatic N) is 2. The summed E-state index contributed by atoms with van der Waals surface area (Å²) in [5.74, 6) is 0.710. The van der Waals surface area contributed by atoms with E-state index in [9.17, 15) is 10.1 Å². The fourth-order valence-electron chi connectivity index (χ4n) is 4.80. The van der Waals surface area contributed by atoms with Crippen LogP contribution in [0.1, 0.15) is 49.3 Å². The molecule has 32 heavy (non-hydrogen) atoms. The summed E-state index contributed by atoms with van der Waals surface area (Å²) in [7, 11) is 1.61. The molecule has 1 atom stereocenters. The third-order valence-corrected chi connectivity index (χ3v) is 6.58. The van der Waals surface area contributed by atoms with Gasteiger partial charge in [-0.25, -0.2) is 0 Å². The predicted molar refractivity (Wildman–Crippen MR) is 126 cm³/mol. The van der Waals surface area contributed by atoms with Crippen LogP contribution >= 0.6 is 0 Å². The van der Waals surface area contributed by atoms with Gasteiger partial charge in [0.05, 0.1) is 24.7 Å². The first-order valence-electron chi connectivity index (χ1n) is 10.8. The van der Waals surface area contributed by atoms with Gasteiger partial charge in [-0.3, -0.25) is 9.69 Å². The van der Waals surface area contributed by atoms with E-state index in [0.29, 0.717) is 29.8 Å². The quantitative estimate of drug-likeness (QED) is 0.723. The van der Waals surface area contributed by atoms with Gasteiger partial charge in [-0.15, -0.1) is 0 Å². The van der Waals surface area contributed by atoms with Gasteiger partial charge in [-0.05, 0) is 66.6 Å². The molecule has 5 nitrogen and oxygen atoms in total. The van der Waals surface area contributed by atoms with Gasteiger partial charge in [0.15, 0.2) is 5.78 Å². The molecule has 0 aromatic heterocycles. The fraction of sp³-hybridized carbons (Fsp3) is 0.333. The molecule has 0 unspecified atom stereocenters. The number of allylic oxidation sites excluding steroid dienone is 3. The summed E-state index contributed by atoms with van der Waals surface area (Å²) < 4.78 is 5.29. The Bertz CT molecular complexity index is 1200. The maximum absolute atomic E-state index is 13.5. The van der Waals surface area contributed by atoms with Gasteiger partial charge in [0.2, 0.25) is 0 Å². The highest BCUT2D eigenvalue weighted by Crippen LogP contribution is 2.50. The van der Waals surface area contributed by atoms with Crippen molar-refractivity contribution in [2.75, 3.05) is 12.0 Å². The van der Waals surface area contributed by atoms with Crippen molar-refractivity contribution in [3.05, 3.63) is 81.8 Å². The number of anilines is 1. The smallest absolute Gasteiger partial charge is 0.162 e. The molecule has 2 aromatic rings. The van der Waals surface area contributed by atoms with Crippen LogP contribution in [0.15, 0.2) is 65.1 Å². The Kier molecular flexibility index (Phi) is 5.34. The third kappa shape index (κ3) is 3.56. The maximum Gasteiger partial charge on any atom is 0.162 e. The summed E-state index contributed by atoms with van der Waals surface area (Å²) in [4.78, 5) is 15.5. The topological polar surface area (TPSA) is 79.3 Å². The number of benzene rings is 2. The Hall–Kier alpha value is -3.52. The zero-order valence-corrected chi connectivity index (χ0v) is 19.3. The number of methoxy groups -OCH3 is 1. The van der Waals surface area contributed by atoms with Gasteiger partial charge in [0, 0.05) is 23.4 Å². The van der Waals surface area contributed by atoms with E-state index in [-0.39, 0.29) is 11.2 Å². The van der Waals surface area contributed by atoms with E-state index < -0.39 is 5.92 Å². The Morgan fingerprint density at radius 3 is 2.38 bits per heavy atom. The summed E-state index contributed by atoms with van der Waals surface area (Å²) in [6.07, 6.45) is 1.14. The van der Waals surface area contributed by atoms with E-state index in [1.807, 2.05) is 35.2 Å². The van der Waals surface area contributed by atoms with Gasteiger partial charge < -0.3 is 10.5 Å². The summed E-state index contributed by atoms with van der Waals surface area (Å²) >= 11 is 0. The standard InChI is InChI=1S/C27H29N3O2/c1-16-6-9-19(12-17(16)2)30-22-13-27(3,4)14-23(31)25(22)24(21(15-28)26(30)29)18-7-10-20(32-5)11-8-18/h6-12,24H,13-14,29H2,1-5H3/t24-/m0/s1. The molecule has 0 radical (unpaired) electrons. The second kappa shape index (κ2) is 7.87. The van der Waals surface area contributed by atoms with Crippen molar-refractivity contribution in [1.82, 2.24) is 0 Å². The highest BCUT2D eigenvalue weighted by Gasteiger charge is 2.44. The lowest BCUT2D eigenvalue weighted by molar-refractivity contribution is -0.118. The van der Waals surface area contributed by atoms with Crippen molar-refractivity contribution in [3.8, 4) is 11.8 Å². The first kappa shape index (κ1) is 21.7. The average molecular weight is 428 g/mol. The molecule has 2 N–H and O–H groups in total. The van der Waals surface area contributed by atoms with Crippen molar-refractivity contribution < 1.29 is 9.53 Å². The van der Waals surface area contributed by atoms with E-state index in [2.05, 4.69) is 45.9 Å². The predicted octanol–water partition coefficient (Wildman–Crippen LogP) is 5.25. The van der Waals surface area contributed by atoms with Crippen LogP contribution in [0, 0.1) is 30.6 Å². The molecule has 164 valence electrons. The van der Waals surface area contributed by atoms with Crippen LogP contribution in [-0.2, 0) is 4.79 Å². The number of nitriles is 1. The Morgan fingerprint density at radius 1 is 1.09 bits per heavy atom. The molecular weight excluding hydrogens is 398 g/mol. The van der Waals surface area contributed by atoms with Gasteiger partial charge in [-0.1, -0.05) is 32.0 Å². The molecule has 4 rings (SSSR count). The van der Waals surface area contributed by atoms with Crippen LogP contribution in [0.2, 0.25) is 0 Å². The number of carbonyl (C=O) groups is 1. The van der Waals surface area contributed by atoms with E-state index in [0.717, 1.165) is 28.3 Å². The van der Waals surface area contributed by atoms with Gasteiger partial charge in [0.25, 0.3) is 0 Å². The molecule has 0 amide bonds. The second-order valence-electron chi connectivity index (χ2n) is 9.52. The van der Waals surface area contributed by atoms with E-state index in [1.54, 1.807) is 7.11 Å². The minimum absolute atomic E-state index is 0.0751. The first-order valence-corrected chi connectivity index (χ1v) is 10.8. The summed E-state index contributed by atoms with van der Waals surface area (Å²) in [6.45, 7) is 8.33. The Balaban J connectivity index is 1.98. The van der Waals surface area contributed by atoms with Crippen LogP contribution < -0.4 is 15.4 Å². The summed E-state index contributed by atoms with van der Waals surface area (Å²) in [5, 5.41) is 10.2. The fourth-order valence-corrected chi connectivity index (χ4v) is 4.80. The van der Waals surface area contributed by atoms with Gasteiger partial charge in [0.1, 0.15) is 11.6 Å². The number of aryl methyl sites for hydroxylation is 2. The lowest BCUT2D eigenvalue weighted by Gasteiger charge is -2.44. The molecule has 0 fully saturated rings. The third-order valence-electron chi connectivity index (χ3n) is 6.58. The van der Waals surface area contributed by atoms with E-state index in [4.69, 9.17) is 10.5 Å². The minimum Gasteiger partial charge on any atom is -0.497 e. The highest BCUT2D eigenvalue weighted by atomic mass is 16.5. The first-order chi connectivity index (χ1) is 15.2. The number of Topliss-reactive ketones (excluding diaryl/α,β-unsaturated/α-hetero) is 1. The Labute approximate surface area is 189 Å². The lowest BCUT2D eigenvalue weighted by Crippen LogP contribution is -2.42. The molecule has 5 heteroatoms. The monoisotopic (exact) mass is 427 g/mol. The molecule has 0 bridgehead atoms. The van der Waals surface area contributed by atoms with Crippen LogP contribution in [0.4, 0.5) is 5.69 Å². The number of carbonyl (C=O) groups excluding carboxylic acids is 1. The zero-order chi connectivity index (χ0) is 23.2.